The fourth-order valence-electron chi connectivity index (χ4n) is 1.46. The van der Waals surface area contributed by atoms with Gasteiger partial charge in [0.2, 0.25) is 0 Å². The number of benzene rings is 1. The van der Waals surface area contributed by atoms with Crippen LogP contribution in [0, 0.1) is 23.0 Å². The van der Waals surface area contributed by atoms with E-state index in [0.717, 1.165) is 12.1 Å². The van der Waals surface area contributed by atoms with Gasteiger partial charge in [-0.15, -0.1) is 11.3 Å². The van der Waals surface area contributed by atoms with E-state index in [2.05, 4.69) is 0 Å². The summed E-state index contributed by atoms with van der Waals surface area (Å²) < 4.78 is 27.1. The Morgan fingerprint density at radius 1 is 1.26 bits per heavy atom. The van der Waals surface area contributed by atoms with E-state index < -0.39 is 11.6 Å². The fraction of sp³-hybridized carbons (Fsp3) is 0. The smallest absolute Gasteiger partial charge is 0.142 e. The van der Waals surface area contributed by atoms with Crippen molar-refractivity contribution in [2.75, 3.05) is 0 Å². The number of nitriles is 1. The molecule has 0 aliphatic heterocycles. The highest BCUT2D eigenvalue weighted by atomic mass is 35.5. The molecule has 96 valence electrons. The van der Waals surface area contributed by atoms with Gasteiger partial charge in [-0.3, -0.25) is 0 Å². The Morgan fingerprint density at radius 2 is 2.00 bits per heavy atom. The number of nitrogens with zero attached hydrogens (tertiary/aromatic N) is 1. The molecular formula is C13H5Cl2F2NS. The zero-order chi connectivity index (χ0) is 14.0. The Morgan fingerprint density at radius 3 is 2.58 bits per heavy atom. The molecule has 6 heteroatoms. The number of thiophene rings is 1. The maximum Gasteiger partial charge on any atom is 0.142 e. The first-order valence-corrected chi connectivity index (χ1v) is 6.66. The molecule has 2 rings (SSSR count). The first-order chi connectivity index (χ1) is 9.04. The first kappa shape index (κ1) is 14.0. The molecule has 0 N–H and O–H groups in total. The summed E-state index contributed by atoms with van der Waals surface area (Å²) in [5.41, 5.74) is -0.0918. The van der Waals surface area contributed by atoms with Gasteiger partial charge in [0, 0.05) is 10.4 Å². The quantitative estimate of drug-likeness (QED) is 0.544. The summed E-state index contributed by atoms with van der Waals surface area (Å²) in [6.45, 7) is 0. The molecule has 0 spiro atoms. The van der Waals surface area contributed by atoms with Crippen LogP contribution in [0.25, 0.3) is 10.6 Å². The van der Waals surface area contributed by atoms with Crippen molar-refractivity contribution in [2.24, 2.45) is 0 Å². The molecule has 0 radical (unpaired) electrons. The average molecular weight is 316 g/mol. The van der Waals surface area contributed by atoms with Crippen molar-refractivity contribution in [3.8, 4) is 6.07 Å². The highest BCUT2D eigenvalue weighted by Gasteiger charge is 2.16. The van der Waals surface area contributed by atoms with Crippen LogP contribution in [-0.4, -0.2) is 0 Å². The predicted octanol–water partition coefficient (Wildman–Crippen LogP) is 5.31. The Kier molecular flexibility index (Phi) is 4.20. The molecule has 0 saturated heterocycles. The number of hydrogen-bond acceptors (Lipinski definition) is 2. The minimum atomic E-state index is -0.792. The molecule has 2 aromatic rings. The summed E-state index contributed by atoms with van der Waals surface area (Å²) in [6, 6.07) is 7.02. The molecule has 0 bridgehead atoms. The van der Waals surface area contributed by atoms with Crippen molar-refractivity contribution in [2.45, 2.75) is 0 Å². The molecule has 1 aromatic heterocycles. The lowest BCUT2D eigenvalue weighted by molar-refractivity contribution is 0.598. The molecule has 0 amide bonds. The fourth-order valence-corrected chi connectivity index (χ4v) is 2.68. The maximum atomic E-state index is 13.7. The van der Waals surface area contributed by atoms with Gasteiger partial charge in [-0.05, 0) is 23.6 Å². The molecule has 0 fully saturated rings. The van der Waals surface area contributed by atoms with Crippen molar-refractivity contribution in [1.82, 2.24) is 0 Å². The standard InChI is InChI=1S/C13H5Cl2F2NS/c14-9-5-10(16)7(4-11(9)17)13(15)8(6-18)12-2-1-3-19-12/h1-5H/b13-8+. The van der Waals surface area contributed by atoms with Gasteiger partial charge >= 0.3 is 0 Å². The minimum Gasteiger partial charge on any atom is -0.206 e. The topological polar surface area (TPSA) is 23.8 Å². The maximum absolute atomic E-state index is 13.7. The summed E-state index contributed by atoms with van der Waals surface area (Å²) in [5.74, 6) is -1.57. The number of hydrogen-bond donors (Lipinski definition) is 0. The van der Waals surface area contributed by atoms with Crippen LogP contribution in [0.4, 0.5) is 8.78 Å². The predicted molar refractivity (Wildman–Crippen MR) is 74.0 cm³/mol. The number of allylic oxidation sites excluding steroid dienone is 1. The van der Waals surface area contributed by atoms with Crippen LogP contribution in [0.5, 0.6) is 0 Å². The Hall–Kier alpha value is -1.41. The second-order valence-corrected chi connectivity index (χ2v) is 5.26. The van der Waals surface area contributed by atoms with Crippen LogP contribution >= 0.6 is 34.5 Å². The van der Waals surface area contributed by atoms with Gasteiger partial charge in [0.25, 0.3) is 0 Å². The highest BCUT2D eigenvalue weighted by Crippen LogP contribution is 2.34. The van der Waals surface area contributed by atoms with E-state index >= 15 is 0 Å². The van der Waals surface area contributed by atoms with E-state index in [0.29, 0.717) is 4.88 Å². The molecule has 0 saturated carbocycles. The lowest BCUT2D eigenvalue weighted by atomic mass is 10.1. The third-order valence-corrected chi connectivity index (χ3v) is 3.91. The van der Waals surface area contributed by atoms with Crippen molar-refractivity contribution in [1.29, 1.82) is 5.26 Å². The SMILES string of the molecule is N#C/C(=C(\Cl)c1cc(F)c(Cl)cc1F)c1cccs1. The van der Waals surface area contributed by atoms with E-state index in [4.69, 9.17) is 28.5 Å². The largest absolute Gasteiger partial charge is 0.206 e. The van der Waals surface area contributed by atoms with Gasteiger partial charge < -0.3 is 0 Å². The summed E-state index contributed by atoms with van der Waals surface area (Å²) in [6.07, 6.45) is 0. The summed E-state index contributed by atoms with van der Waals surface area (Å²) in [4.78, 5) is 0.585. The second kappa shape index (κ2) is 5.70. The van der Waals surface area contributed by atoms with Crippen molar-refractivity contribution in [3.05, 3.63) is 56.7 Å². The Bertz CT molecular complexity index is 687. The molecule has 1 heterocycles. The van der Waals surface area contributed by atoms with Crippen LogP contribution in [0.15, 0.2) is 29.6 Å². The Labute approximate surface area is 122 Å². The summed E-state index contributed by atoms with van der Waals surface area (Å²) in [7, 11) is 0. The molecule has 0 aliphatic carbocycles. The van der Waals surface area contributed by atoms with Crippen LogP contribution < -0.4 is 0 Å². The van der Waals surface area contributed by atoms with E-state index in [9.17, 15) is 8.78 Å². The molecular weight excluding hydrogens is 311 g/mol. The zero-order valence-electron chi connectivity index (χ0n) is 9.25. The normalized spacial score (nSPS) is 11.9. The molecule has 0 atom stereocenters. The van der Waals surface area contributed by atoms with Gasteiger partial charge in [-0.1, -0.05) is 29.3 Å². The first-order valence-electron chi connectivity index (χ1n) is 5.03. The summed E-state index contributed by atoms with van der Waals surface area (Å²) in [5, 5.41) is 10.4. The Balaban J connectivity index is 2.64. The lowest BCUT2D eigenvalue weighted by Crippen LogP contribution is -1.91. The van der Waals surface area contributed by atoms with Gasteiger partial charge in [0.15, 0.2) is 0 Å². The van der Waals surface area contributed by atoms with Crippen LogP contribution in [-0.2, 0) is 0 Å². The van der Waals surface area contributed by atoms with Crippen molar-refractivity contribution in [3.63, 3.8) is 0 Å². The van der Waals surface area contributed by atoms with Crippen LogP contribution in [0.3, 0.4) is 0 Å². The van der Waals surface area contributed by atoms with E-state index in [1.807, 2.05) is 6.07 Å². The molecule has 19 heavy (non-hydrogen) atoms. The number of rotatable bonds is 2. The molecule has 1 aromatic carbocycles. The lowest BCUT2D eigenvalue weighted by Gasteiger charge is -2.05. The van der Waals surface area contributed by atoms with Crippen LogP contribution in [0.1, 0.15) is 10.4 Å². The third-order valence-electron chi connectivity index (χ3n) is 2.35. The van der Waals surface area contributed by atoms with Gasteiger partial charge in [0.05, 0.1) is 15.6 Å². The second-order valence-electron chi connectivity index (χ2n) is 3.52. The van der Waals surface area contributed by atoms with Gasteiger partial charge in [0.1, 0.15) is 17.7 Å². The number of halogens is 4. The van der Waals surface area contributed by atoms with Crippen molar-refractivity contribution >= 4 is 45.1 Å². The van der Waals surface area contributed by atoms with E-state index in [1.165, 1.54) is 11.3 Å². The van der Waals surface area contributed by atoms with E-state index in [-0.39, 0.29) is 21.2 Å². The third kappa shape index (κ3) is 2.79. The van der Waals surface area contributed by atoms with Crippen molar-refractivity contribution < 1.29 is 8.78 Å². The minimum absolute atomic E-state index is 0.0947. The zero-order valence-corrected chi connectivity index (χ0v) is 11.6. The molecule has 0 unspecified atom stereocenters. The monoisotopic (exact) mass is 315 g/mol. The van der Waals surface area contributed by atoms with Gasteiger partial charge in [-0.2, -0.15) is 5.26 Å². The highest BCUT2D eigenvalue weighted by molar-refractivity contribution is 7.11. The van der Waals surface area contributed by atoms with E-state index in [1.54, 1.807) is 17.5 Å². The summed E-state index contributed by atoms with van der Waals surface area (Å²) >= 11 is 12.8. The van der Waals surface area contributed by atoms with Gasteiger partial charge in [-0.25, -0.2) is 8.78 Å². The van der Waals surface area contributed by atoms with Crippen LogP contribution in [0.2, 0.25) is 5.02 Å². The average Bonchev–Trinajstić information content (AvgIpc) is 2.88. The molecule has 1 nitrogen and oxygen atoms in total. The molecule has 0 aliphatic rings.